The van der Waals surface area contributed by atoms with E-state index in [1.165, 1.54) is 12.1 Å². The molecule has 4 rings (SSSR count). The van der Waals surface area contributed by atoms with Gasteiger partial charge >= 0.3 is 12.3 Å². The number of fused-ring (bicyclic) bond motifs is 1. The number of unbranched alkanes of at least 4 members (excludes halogenated alkanes) is 1. The van der Waals surface area contributed by atoms with E-state index in [4.69, 9.17) is 9.72 Å². The molecule has 0 spiro atoms. The van der Waals surface area contributed by atoms with E-state index in [1.54, 1.807) is 0 Å². The number of nitrogens with one attached hydrogen (secondary N) is 4. The SMILES string of the molecule is CC(C)(C)OC(=O)NCCCCNc1nc(NC[C@H]2CC[C@H](CNS(=O)(=O)c3ccccc3C(F)(F)F)CC2)nc2ccccc12. The Morgan fingerprint density at radius 1 is 0.870 bits per heavy atom. The molecule has 0 unspecified atom stereocenters. The van der Waals surface area contributed by atoms with E-state index in [9.17, 15) is 26.4 Å². The Morgan fingerprint density at radius 3 is 2.20 bits per heavy atom. The maximum absolute atomic E-state index is 13.3. The molecule has 0 radical (unpaired) electrons. The second-order valence-corrected chi connectivity index (χ2v) is 14.3. The molecule has 0 aliphatic heterocycles. The first-order chi connectivity index (χ1) is 21.7. The number of halogens is 3. The van der Waals surface area contributed by atoms with Crippen LogP contribution in [0.15, 0.2) is 53.4 Å². The lowest BCUT2D eigenvalue weighted by atomic mass is 9.82. The molecule has 1 aliphatic carbocycles. The average molecular weight is 665 g/mol. The summed E-state index contributed by atoms with van der Waals surface area (Å²) in [5, 5.41) is 10.4. The van der Waals surface area contributed by atoms with Gasteiger partial charge in [0.25, 0.3) is 0 Å². The third-order valence-electron chi connectivity index (χ3n) is 7.73. The summed E-state index contributed by atoms with van der Waals surface area (Å²) in [5.74, 6) is 1.58. The molecular formula is C32H43F3N6O4S. The minimum atomic E-state index is -4.76. The average Bonchev–Trinajstić information content (AvgIpc) is 3.00. The normalized spacial score (nSPS) is 17.4. The van der Waals surface area contributed by atoms with Gasteiger partial charge in [0, 0.05) is 31.6 Å². The van der Waals surface area contributed by atoms with Crippen LogP contribution >= 0.6 is 0 Å². The maximum atomic E-state index is 13.3. The molecule has 252 valence electrons. The van der Waals surface area contributed by atoms with Crippen LogP contribution in [0, 0.1) is 11.8 Å². The molecule has 4 N–H and O–H groups in total. The Morgan fingerprint density at radius 2 is 1.50 bits per heavy atom. The zero-order valence-electron chi connectivity index (χ0n) is 26.4. The van der Waals surface area contributed by atoms with E-state index in [1.807, 2.05) is 45.0 Å². The number of carbonyl (C=O) groups is 1. The quantitative estimate of drug-likeness (QED) is 0.151. The Balaban J connectivity index is 1.24. The van der Waals surface area contributed by atoms with Crippen LogP contribution in [0.5, 0.6) is 0 Å². The first-order valence-electron chi connectivity index (χ1n) is 15.6. The fourth-order valence-electron chi connectivity index (χ4n) is 5.37. The van der Waals surface area contributed by atoms with Gasteiger partial charge in [0.2, 0.25) is 16.0 Å². The molecule has 0 bridgehead atoms. The van der Waals surface area contributed by atoms with Crippen LogP contribution in [-0.2, 0) is 20.9 Å². The number of aromatic nitrogens is 2. The largest absolute Gasteiger partial charge is 0.444 e. The third kappa shape index (κ3) is 10.4. The number of hydrogen-bond acceptors (Lipinski definition) is 8. The number of alkyl carbamates (subject to hydrolysis) is 1. The predicted molar refractivity (Wildman–Crippen MR) is 172 cm³/mol. The van der Waals surface area contributed by atoms with Crippen molar-refractivity contribution >= 4 is 38.8 Å². The number of carbonyl (C=O) groups excluding carboxylic acids is 1. The Hall–Kier alpha value is -3.65. The highest BCUT2D eigenvalue weighted by Gasteiger charge is 2.37. The zero-order valence-corrected chi connectivity index (χ0v) is 27.2. The summed E-state index contributed by atoms with van der Waals surface area (Å²) in [6.07, 6.45) is -0.417. The number of benzene rings is 2. The summed E-state index contributed by atoms with van der Waals surface area (Å²) in [5.41, 5.74) is -0.900. The summed E-state index contributed by atoms with van der Waals surface area (Å²) in [7, 11) is -4.30. The number of rotatable bonds is 13. The van der Waals surface area contributed by atoms with Gasteiger partial charge in [-0.25, -0.2) is 22.9 Å². The second-order valence-electron chi connectivity index (χ2n) is 12.6. The lowest BCUT2D eigenvalue weighted by Gasteiger charge is -2.29. The number of alkyl halides is 3. The van der Waals surface area contributed by atoms with Crippen LogP contribution in [0.25, 0.3) is 10.9 Å². The van der Waals surface area contributed by atoms with Crippen LogP contribution < -0.4 is 20.7 Å². The molecule has 1 fully saturated rings. The number of amides is 1. The van der Waals surface area contributed by atoms with Crippen molar-refractivity contribution < 1.29 is 31.1 Å². The highest BCUT2D eigenvalue weighted by atomic mass is 32.2. The summed E-state index contributed by atoms with van der Waals surface area (Å²) in [6, 6.07) is 12.0. The first-order valence-corrected chi connectivity index (χ1v) is 17.1. The molecule has 10 nitrogen and oxygen atoms in total. The van der Waals surface area contributed by atoms with Gasteiger partial charge in [-0.1, -0.05) is 24.3 Å². The fraction of sp³-hybridized carbons (Fsp3) is 0.531. The number of sulfonamides is 1. The maximum Gasteiger partial charge on any atom is 0.417 e. The van der Waals surface area contributed by atoms with Crippen molar-refractivity contribution in [3.8, 4) is 0 Å². The number of anilines is 2. The van der Waals surface area contributed by atoms with E-state index in [0.29, 0.717) is 31.5 Å². The van der Waals surface area contributed by atoms with Gasteiger partial charge in [-0.3, -0.25) is 0 Å². The number of hydrogen-bond donors (Lipinski definition) is 4. The first kappa shape index (κ1) is 35.2. The van der Waals surface area contributed by atoms with Crippen molar-refractivity contribution in [3.05, 3.63) is 54.1 Å². The van der Waals surface area contributed by atoms with Crippen molar-refractivity contribution in [1.82, 2.24) is 20.0 Å². The van der Waals surface area contributed by atoms with Crippen LogP contribution in [0.4, 0.5) is 29.7 Å². The van der Waals surface area contributed by atoms with Gasteiger partial charge in [-0.2, -0.15) is 18.2 Å². The minimum absolute atomic E-state index is 0.0381. The van der Waals surface area contributed by atoms with Crippen LogP contribution in [0.3, 0.4) is 0 Å². The molecular weight excluding hydrogens is 621 g/mol. The molecule has 1 aromatic heterocycles. The third-order valence-corrected chi connectivity index (χ3v) is 9.21. The van der Waals surface area contributed by atoms with Crippen molar-refractivity contribution in [2.45, 2.75) is 76.0 Å². The second kappa shape index (κ2) is 15.3. The fourth-order valence-corrected chi connectivity index (χ4v) is 6.71. The molecule has 14 heteroatoms. The molecule has 1 saturated carbocycles. The van der Waals surface area contributed by atoms with E-state index < -0.39 is 38.4 Å². The molecule has 2 aromatic carbocycles. The number of para-hydroxylation sites is 1. The zero-order chi connectivity index (χ0) is 33.4. The van der Waals surface area contributed by atoms with E-state index in [-0.39, 0.29) is 12.5 Å². The van der Waals surface area contributed by atoms with E-state index >= 15 is 0 Å². The van der Waals surface area contributed by atoms with Gasteiger partial charge in [-0.05, 0) is 95.4 Å². The summed E-state index contributed by atoms with van der Waals surface area (Å²) >= 11 is 0. The van der Waals surface area contributed by atoms with E-state index in [2.05, 4.69) is 25.7 Å². The molecule has 3 aromatic rings. The number of nitrogens with zero attached hydrogens (tertiary/aromatic N) is 2. The molecule has 1 aliphatic rings. The lowest BCUT2D eigenvalue weighted by molar-refractivity contribution is -0.139. The lowest BCUT2D eigenvalue weighted by Crippen LogP contribution is -2.33. The van der Waals surface area contributed by atoms with Crippen molar-refractivity contribution in [3.63, 3.8) is 0 Å². The predicted octanol–water partition coefficient (Wildman–Crippen LogP) is 6.56. The highest BCUT2D eigenvalue weighted by Crippen LogP contribution is 2.34. The minimum Gasteiger partial charge on any atom is -0.444 e. The monoisotopic (exact) mass is 664 g/mol. The van der Waals surface area contributed by atoms with Crippen LogP contribution in [0.1, 0.15) is 64.9 Å². The van der Waals surface area contributed by atoms with Gasteiger partial charge in [-0.15, -0.1) is 0 Å². The molecule has 46 heavy (non-hydrogen) atoms. The Kier molecular flexibility index (Phi) is 11.7. The highest BCUT2D eigenvalue weighted by molar-refractivity contribution is 7.89. The van der Waals surface area contributed by atoms with Crippen molar-refractivity contribution in [1.29, 1.82) is 0 Å². The Bertz CT molecular complexity index is 1570. The summed E-state index contributed by atoms with van der Waals surface area (Å²) in [6.45, 7) is 7.37. The molecule has 0 saturated heterocycles. The van der Waals surface area contributed by atoms with Crippen molar-refractivity contribution in [2.75, 3.05) is 36.8 Å². The number of ether oxygens (including phenoxy) is 1. The smallest absolute Gasteiger partial charge is 0.417 e. The van der Waals surface area contributed by atoms with Gasteiger partial charge < -0.3 is 20.7 Å². The molecule has 1 heterocycles. The summed E-state index contributed by atoms with van der Waals surface area (Å²) in [4.78, 5) is 20.4. The van der Waals surface area contributed by atoms with Crippen LogP contribution in [-0.4, -0.2) is 56.3 Å². The standard InChI is InChI=1S/C32H43F3N6O4S/c1-31(2,3)45-30(42)37-19-9-8-18-36-28-24-10-4-6-12-26(24)40-29(41-28)38-20-22-14-16-23(17-15-22)21-39-46(43,44)27-13-7-5-11-25(27)32(33,34)35/h4-7,10-13,22-23,39H,8-9,14-21H2,1-3H3,(H,37,42)(H2,36,38,40,41)/t22-,23-. The van der Waals surface area contributed by atoms with Gasteiger partial charge in [0.15, 0.2) is 0 Å². The van der Waals surface area contributed by atoms with Crippen molar-refractivity contribution in [2.24, 2.45) is 11.8 Å². The molecule has 1 amide bonds. The topological polar surface area (TPSA) is 134 Å². The Labute approximate surface area is 268 Å². The van der Waals surface area contributed by atoms with Gasteiger partial charge in [0.1, 0.15) is 11.4 Å². The summed E-state index contributed by atoms with van der Waals surface area (Å²) < 4.78 is 73.1. The van der Waals surface area contributed by atoms with Gasteiger partial charge in [0.05, 0.1) is 16.0 Å². The molecule has 0 atom stereocenters. The van der Waals surface area contributed by atoms with E-state index in [0.717, 1.165) is 67.4 Å². The van der Waals surface area contributed by atoms with Crippen LogP contribution in [0.2, 0.25) is 0 Å².